The molecule has 1 amide bonds. The first-order valence-corrected chi connectivity index (χ1v) is 12.2. The fourth-order valence-electron chi connectivity index (χ4n) is 3.22. The van der Waals surface area contributed by atoms with E-state index in [2.05, 4.69) is 61.2 Å². The van der Waals surface area contributed by atoms with Crippen LogP contribution in [-0.2, 0) is 11.8 Å². The number of amides is 1. The highest BCUT2D eigenvalue weighted by Crippen LogP contribution is 2.31. The Labute approximate surface area is 201 Å². The maximum atomic E-state index is 12.6. The molecule has 0 radical (unpaired) electrons. The molecule has 160 valence electrons. The van der Waals surface area contributed by atoms with Crippen molar-refractivity contribution in [2.24, 2.45) is 7.05 Å². The number of nitrogens with zero attached hydrogens (tertiary/aromatic N) is 3. The van der Waals surface area contributed by atoms with Gasteiger partial charge < -0.3 is 14.3 Å². The molecule has 0 aliphatic carbocycles. The summed E-state index contributed by atoms with van der Waals surface area (Å²) < 4.78 is 9.73. The van der Waals surface area contributed by atoms with Crippen LogP contribution < -0.4 is 5.32 Å². The summed E-state index contributed by atoms with van der Waals surface area (Å²) in [5.74, 6) is 1.69. The highest BCUT2D eigenvalue weighted by molar-refractivity contribution is 9.10. The van der Waals surface area contributed by atoms with E-state index in [-0.39, 0.29) is 11.7 Å². The van der Waals surface area contributed by atoms with Crippen molar-refractivity contribution < 1.29 is 9.21 Å². The van der Waals surface area contributed by atoms with E-state index in [0.717, 1.165) is 31.2 Å². The first kappa shape index (κ1) is 22.1. The maximum Gasteiger partial charge on any atom is 0.234 e. The molecule has 0 bridgehead atoms. The number of rotatable bonds is 6. The van der Waals surface area contributed by atoms with E-state index in [1.54, 1.807) is 0 Å². The van der Waals surface area contributed by atoms with Crippen molar-refractivity contribution in [3.05, 3.63) is 57.0 Å². The topological polar surface area (TPSA) is 73.0 Å². The molecular formula is C22H20Br2N4O2S. The molecule has 2 heterocycles. The molecule has 0 saturated heterocycles. The van der Waals surface area contributed by atoms with Crippen molar-refractivity contribution in [2.45, 2.75) is 24.9 Å². The van der Waals surface area contributed by atoms with Gasteiger partial charge >= 0.3 is 0 Å². The van der Waals surface area contributed by atoms with E-state index in [9.17, 15) is 4.79 Å². The summed E-state index contributed by atoms with van der Waals surface area (Å²) in [4.78, 5) is 12.6. The van der Waals surface area contributed by atoms with E-state index in [1.807, 2.05) is 54.1 Å². The van der Waals surface area contributed by atoms with E-state index in [0.29, 0.717) is 22.7 Å². The fraction of sp³-hybridized carbons (Fsp3) is 0.227. The zero-order valence-corrected chi connectivity index (χ0v) is 21.1. The van der Waals surface area contributed by atoms with Crippen molar-refractivity contribution in [3.63, 3.8) is 0 Å². The maximum absolute atomic E-state index is 12.6. The predicted octanol–water partition coefficient (Wildman–Crippen LogP) is 6.61. The van der Waals surface area contributed by atoms with Crippen LogP contribution in [0, 0.1) is 0 Å². The molecule has 9 heteroatoms. The van der Waals surface area contributed by atoms with Crippen LogP contribution in [-0.4, -0.2) is 26.4 Å². The third kappa shape index (κ3) is 4.88. The summed E-state index contributed by atoms with van der Waals surface area (Å²) in [6.07, 6.45) is 0. The number of hydrogen-bond acceptors (Lipinski definition) is 5. The Morgan fingerprint density at radius 3 is 2.65 bits per heavy atom. The average Bonchev–Trinajstić information content (AvgIpc) is 3.30. The lowest BCUT2D eigenvalue weighted by Gasteiger charge is -2.14. The highest BCUT2D eigenvalue weighted by Gasteiger charge is 2.17. The minimum Gasteiger partial charge on any atom is -0.453 e. The minimum atomic E-state index is -0.0904. The Bertz CT molecular complexity index is 1270. The third-order valence-corrected chi connectivity index (χ3v) is 6.78. The van der Waals surface area contributed by atoms with Gasteiger partial charge in [0.25, 0.3) is 0 Å². The van der Waals surface area contributed by atoms with E-state index < -0.39 is 0 Å². The number of carbonyl (C=O) groups is 1. The predicted molar refractivity (Wildman–Crippen MR) is 131 cm³/mol. The molecule has 4 aromatic rings. The summed E-state index contributed by atoms with van der Waals surface area (Å²) in [7, 11) is 1.87. The Hall–Kier alpha value is -2.10. The van der Waals surface area contributed by atoms with Gasteiger partial charge in [-0.15, -0.1) is 10.2 Å². The Morgan fingerprint density at radius 2 is 1.87 bits per heavy atom. The monoisotopic (exact) mass is 562 g/mol. The number of carbonyl (C=O) groups excluding carboxylic acids is 1. The smallest absolute Gasteiger partial charge is 0.234 e. The normalized spacial score (nSPS) is 11.4. The number of hydrogen-bond donors (Lipinski definition) is 1. The van der Waals surface area contributed by atoms with Gasteiger partial charge in [0, 0.05) is 27.1 Å². The molecule has 0 spiro atoms. The number of aromatic nitrogens is 3. The molecule has 0 atom stereocenters. The zero-order chi connectivity index (χ0) is 22.1. The highest BCUT2D eigenvalue weighted by atomic mass is 79.9. The van der Waals surface area contributed by atoms with Gasteiger partial charge in [0.2, 0.25) is 5.91 Å². The number of furan rings is 1. The Kier molecular flexibility index (Phi) is 6.55. The van der Waals surface area contributed by atoms with Crippen molar-refractivity contribution in [1.82, 2.24) is 14.8 Å². The van der Waals surface area contributed by atoms with Crippen LogP contribution in [0.1, 0.15) is 25.3 Å². The molecule has 0 saturated carbocycles. The van der Waals surface area contributed by atoms with E-state index >= 15 is 0 Å². The summed E-state index contributed by atoms with van der Waals surface area (Å²) >= 11 is 8.30. The number of halogens is 2. The van der Waals surface area contributed by atoms with Crippen molar-refractivity contribution in [2.75, 3.05) is 11.1 Å². The van der Waals surface area contributed by atoms with Gasteiger partial charge in [-0.05, 0) is 53.9 Å². The second-order valence-corrected chi connectivity index (χ2v) is 10.2. The van der Waals surface area contributed by atoms with Crippen LogP contribution in [0.15, 0.2) is 61.0 Å². The first-order chi connectivity index (χ1) is 14.8. The zero-order valence-electron chi connectivity index (χ0n) is 17.1. The van der Waals surface area contributed by atoms with Crippen LogP contribution in [0.25, 0.3) is 22.6 Å². The summed E-state index contributed by atoms with van der Waals surface area (Å²) in [6, 6.07) is 13.7. The molecule has 2 aromatic heterocycles. The molecule has 0 aliphatic rings. The molecule has 1 N–H and O–H groups in total. The van der Waals surface area contributed by atoms with Crippen molar-refractivity contribution in [1.29, 1.82) is 0 Å². The molecule has 0 fully saturated rings. The number of nitrogens with one attached hydrogen (secondary N) is 1. The van der Waals surface area contributed by atoms with Crippen molar-refractivity contribution in [3.8, 4) is 11.6 Å². The standard InChI is InChI=1S/C22H20Br2N4O2S/c1-12(2)16-10-15(24)4-6-17(16)25-20(29)11-31-22-27-26-21(28(22)3)19-9-13-8-14(23)5-7-18(13)30-19/h4-10,12H,11H2,1-3H3,(H,25,29). The lowest BCUT2D eigenvalue weighted by molar-refractivity contribution is -0.113. The summed E-state index contributed by atoms with van der Waals surface area (Å²) in [5, 5.41) is 13.1. The lowest BCUT2D eigenvalue weighted by Crippen LogP contribution is -2.16. The van der Waals surface area contributed by atoms with Crippen LogP contribution in [0.4, 0.5) is 5.69 Å². The van der Waals surface area contributed by atoms with Crippen LogP contribution in [0.5, 0.6) is 0 Å². The average molecular weight is 564 g/mol. The van der Waals surface area contributed by atoms with Crippen LogP contribution in [0.2, 0.25) is 0 Å². The lowest BCUT2D eigenvalue weighted by atomic mass is 10.0. The van der Waals surface area contributed by atoms with Gasteiger partial charge in [-0.3, -0.25) is 4.79 Å². The van der Waals surface area contributed by atoms with Gasteiger partial charge in [-0.1, -0.05) is 57.5 Å². The van der Waals surface area contributed by atoms with Crippen LogP contribution >= 0.6 is 43.6 Å². The van der Waals surface area contributed by atoms with Gasteiger partial charge in [-0.25, -0.2) is 0 Å². The van der Waals surface area contributed by atoms with Gasteiger partial charge in [0.1, 0.15) is 5.58 Å². The molecule has 0 unspecified atom stereocenters. The number of fused-ring (bicyclic) bond motifs is 1. The number of anilines is 1. The molecule has 2 aromatic carbocycles. The minimum absolute atomic E-state index is 0.0904. The van der Waals surface area contributed by atoms with E-state index in [4.69, 9.17) is 4.42 Å². The number of benzene rings is 2. The molecule has 0 aliphatic heterocycles. The SMILES string of the molecule is CC(C)c1cc(Br)ccc1NC(=O)CSc1nnc(-c2cc3cc(Br)ccc3o2)n1C. The quantitative estimate of drug-likeness (QED) is 0.267. The molecular weight excluding hydrogens is 544 g/mol. The van der Waals surface area contributed by atoms with Gasteiger partial charge in [0.05, 0.1) is 5.75 Å². The van der Waals surface area contributed by atoms with Gasteiger partial charge in [0.15, 0.2) is 16.7 Å². The van der Waals surface area contributed by atoms with Crippen LogP contribution in [0.3, 0.4) is 0 Å². The number of thioether (sulfide) groups is 1. The Balaban J connectivity index is 1.46. The second-order valence-electron chi connectivity index (χ2n) is 7.38. The first-order valence-electron chi connectivity index (χ1n) is 9.63. The molecule has 6 nitrogen and oxygen atoms in total. The largest absolute Gasteiger partial charge is 0.453 e. The second kappa shape index (κ2) is 9.18. The third-order valence-electron chi connectivity index (χ3n) is 4.78. The van der Waals surface area contributed by atoms with Crippen molar-refractivity contribution >= 4 is 66.2 Å². The fourth-order valence-corrected chi connectivity index (χ4v) is 4.69. The molecule has 4 rings (SSSR count). The molecule has 31 heavy (non-hydrogen) atoms. The van der Waals surface area contributed by atoms with E-state index in [1.165, 1.54) is 11.8 Å². The van der Waals surface area contributed by atoms with Gasteiger partial charge in [-0.2, -0.15) is 0 Å². The summed E-state index contributed by atoms with van der Waals surface area (Å²) in [5.41, 5.74) is 2.70. The Morgan fingerprint density at radius 1 is 1.13 bits per heavy atom. The summed E-state index contributed by atoms with van der Waals surface area (Å²) in [6.45, 7) is 4.20.